The smallest absolute Gasteiger partial charge is 0.119 e. The summed E-state index contributed by atoms with van der Waals surface area (Å²) in [7, 11) is 0. The van der Waals surface area contributed by atoms with Gasteiger partial charge in [-0.3, -0.25) is 0 Å². The molecule has 3 unspecified atom stereocenters. The van der Waals surface area contributed by atoms with E-state index in [-0.39, 0.29) is 12.4 Å². The molecule has 1 fully saturated rings. The van der Waals surface area contributed by atoms with Gasteiger partial charge in [0.15, 0.2) is 0 Å². The molecule has 4 nitrogen and oxygen atoms in total. The van der Waals surface area contributed by atoms with Crippen LogP contribution < -0.4 is 4.74 Å². The molecule has 1 aromatic carbocycles. The van der Waals surface area contributed by atoms with Crippen molar-refractivity contribution in [3.8, 4) is 5.75 Å². The van der Waals surface area contributed by atoms with Crippen molar-refractivity contribution >= 4 is 12.4 Å². The van der Waals surface area contributed by atoms with Gasteiger partial charge in [0.25, 0.3) is 0 Å². The average molecular weight is 386 g/mol. The van der Waals surface area contributed by atoms with Crippen LogP contribution in [0.25, 0.3) is 0 Å². The minimum Gasteiger partial charge on any atom is -0.491 e. The predicted octanol–water partition coefficient (Wildman–Crippen LogP) is 3.97. The van der Waals surface area contributed by atoms with Crippen molar-refractivity contribution in [2.75, 3.05) is 39.5 Å². The number of β-amino-alcohol motifs (C(OH)–C–C–N with tert-alkyl or cyclic N) is 1. The summed E-state index contributed by atoms with van der Waals surface area (Å²) in [5.41, 5.74) is 1.31. The van der Waals surface area contributed by atoms with Crippen LogP contribution in [0.4, 0.5) is 0 Å². The van der Waals surface area contributed by atoms with E-state index in [9.17, 15) is 5.11 Å². The Morgan fingerprint density at radius 3 is 2.27 bits per heavy atom. The van der Waals surface area contributed by atoms with E-state index in [0.717, 1.165) is 18.8 Å². The Hall–Kier alpha value is -0.810. The first kappa shape index (κ1) is 23.2. The number of aliphatic hydroxyl groups excluding tert-OH is 1. The van der Waals surface area contributed by atoms with Crippen molar-refractivity contribution in [2.45, 2.75) is 46.1 Å². The fraction of sp³-hybridized carbons (Fsp3) is 0.714. The van der Waals surface area contributed by atoms with Gasteiger partial charge in [-0.15, -0.1) is 12.4 Å². The summed E-state index contributed by atoms with van der Waals surface area (Å²) in [5, 5.41) is 10.2. The van der Waals surface area contributed by atoms with Gasteiger partial charge in [-0.25, -0.2) is 0 Å². The van der Waals surface area contributed by atoms with Crippen molar-refractivity contribution < 1.29 is 14.6 Å². The second kappa shape index (κ2) is 11.8. The van der Waals surface area contributed by atoms with Crippen LogP contribution in [0.2, 0.25) is 0 Å². The molecule has 1 N–H and O–H groups in total. The van der Waals surface area contributed by atoms with Crippen LogP contribution in [0.3, 0.4) is 0 Å². The molecule has 0 aromatic heterocycles. The lowest BCUT2D eigenvalue weighted by Crippen LogP contribution is -2.43. The zero-order valence-electron chi connectivity index (χ0n) is 16.7. The zero-order chi connectivity index (χ0) is 18.2. The monoisotopic (exact) mass is 385 g/mol. The largest absolute Gasteiger partial charge is 0.491 e. The molecule has 0 radical (unpaired) electrons. The van der Waals surface area contributed by atoms with E-state index in [2.05, 4.69) is 44.7 Å². The van der Waals surface area contributed by atoms with Crippen LogP contribution in [-0.2, 0) is 4.74 Å². The molecule has 0 amide bonds. The first-order valence-corrected chi connectivity index (χ1v) is 9.65. The molecule has 0 spiro atoms. The Labute approximate surface area is 165 Å². The van der Waals surface area contributed by atoms with Crippen LogP contribution in [0.1, 0.15) is 45.6 Å². The lowest BCUT2D eigenvalue weighted by atomic mass is 9.92. The van der Waals surface area contributed by atoms with E-state index in [0.29, 0.717) is 44.1 Å². The first-order valence-electron chi connectivity index (χ1n) is 9.65. The highest BCUT2D eigenvalue weighted by atomic mass is 35.5. The summed E-state index contributed by atoms with van der Waals surface area (Å²) >= 11 is 0. The predicted molar refractivity (Wildman–Crippen MR) is 109 cm³/mol. The van der Waals surface area contributed by atoms with E-state index < -0.39 is 6.10 Å². The fourth-order valence-corrected chi connectivity index (χ4v) is 3.68. The van der Waals surface area contributed by atoms with Crippen molar-refractivity contribution in [1.29, 1.82) is 0 Å². The Morgan fingerprint density at radius 1 is 1.08 bits per heavy atom. The highest BCUT2D eigenvalue weighted by Gasteiger charge is 2.23. The number of nitrogens with zero attached hydrogens (tertiary/aromatic N) is 1. The maximum Gasteiger partial charge on any atom is 0.119 e. The van der Waals surface area contributed by atoms with Gasteiger partial charge in [-0.05, 0) is 41.9 Å². The number of aliphatic hydroxyl groups is 1. The third kappa shape index (κ3) is 8.26. The molecule has 1 aliphatic rings. The number of hydrogen-bond donors (Lipinski definition) is 1. The third-order valence-corrected chi connectivity index (χ3v) is 4.77. The molecule has 0 aliphatic carbocycles. The number of ether oxygens (including phenoxy) is 2. The van der Waals surface area contributed by atoms with Crippen LogP contribution in [0.15, 0.2) is 24.3 Å². The lowest BCUT2D eigenvalue weighted by Gasteiger charge is -2.35. The molecule has 1 heterocycles. The zero-order valence-corrected chi connectivity index (χ0v) is 17.5. The molecule has 1 aliphatic heterocycles. The Kier molecular flexibility index (Phi) is 10.6. The van der Waals surface area contributed by atoms with Crippen LogP contribution in [0, 0.1) is 11.8 Å². The van der Waals surface area contributed by atoms with Gasteiger partial charge in [-0.1, -0.05) is 39.8 Å². The minimum absolute atomic E-state index is 0. The summed E-state index contributed by atoms with van der Waals surface area (Å²) in [6.45, 7) is 13.2. The number of rotatable bonds is 9. The van der Waals surface area contributed by atoms with E-state index in [1.807, 2.05) is 12.1 Å². The number of likely N-dealkylation sites (tertiary alicyclic amines) is 1. The van der Waals surface area contributed by atoms with Crippen molar-refractivity contribution in [3.05, 3.63) is 29.8 Å². The van der Waals surface area contributed by atoms with Gasteiger partial charge in [-0.2, -0.15) is 0 Å². The summed E-state index contributed by atoms with van der Waals surface area (Å²) in [6.07, 6.45) is 0.862. The maximum absolute atomic E-state index is 10.2. The molecule has 150 valence electrons. The fourth-order valence-electron chi connectivity index (χ4n) is 3.68. The van der Waals surface area contributed by atoms with Crippen molar-refractivity contribution in [1.82, 2.24) is 4.90 Å². The minimum atomic E-state index is -0.428. The van der Waals surface area contributed by atoms with Gasteiger partial charge in [0, 0.05) is 19.6 Å². The topological polar surface area (TPSA) is 41.9 Å². The molecule has 0 saturated carbocycles. The molecule has 2 rings (SSSR count). The van der Waals surface area contributed by atoms with E-state index in [4.69, 9.17) is 9.47 Å². The molecule has 26 heavy (non-hydrogen) atoms. The van der Waals surface area contributed by atoms with Crippen molar-refractivity contribution in [3.63, 3.8) is 0 Å². The standard InChI is InChI=1S/C21H35NO3.ClH/c1-16(2)19-5-7-21(8-6-19)25-10-9-24-15-20(23)14-22-12-17(3)11-18(4)13-22;/h5-8,16-18,20,23H,9-15H2,1-4H3;1H. The molecule has 1 aromatic rings. The van der Waals surface area contributed by atoms with E-state index in [1.165, 1.54) is 12.0 Å². The Morgan fingerprint density at radius 2 is 1.69 bits per heavy atom. The Bertz CT molecular complexity index is 485. The SMILES string of the molecule is CC1CC(C)CN(CC(O)COCCOc2ccc(C(C)C)cc2)C1.Cl. The van der Waals surface area contributed by atoms with Crippen LogP contribution >= 0.6 is 12.4 Å². The van der Waals surface area contributed by atoms with Crippen LogP contribution in [-0.4, -0.2) is 55.6 Å². The molecule has 5 heteroatoms. The number of hydrogen-bond acceptors (Lipinski definition) is 4. The van der Waals surface area contributed by atoms with Crippen LogP contribution in [0.5, 0.6) is 5.75 Å². The molecular weight excluding hydrogens is 350 g/mol. The second-order valence-electron chi connectivity index (χ2n) is 7.97. The number of piperidine rings is 1. The summed E-state index contributed by atoms with van der Waals surface area (Å²) in [5.74, 6) is 2.83. The van der Waals surface area contributed by atoms with E-state index in [1.54, 1.807) is 0 Å². The second-order valence-corrected chi connectivity index (χ2v) is 7.97. The molecular formula is C21H36ClNO3. The summed E-state index contributed by atoms with van der Waals surface area (Å²) < 4.78 is 11.3. The average Bonchev–Trinajstić information content (AvgIpc) is 2.54. The van der Waals surface area contributed by atoms with Gasteiger partial charge < -0.3 is 19.5 Å². The van der Waals surface area contributed by atoms with Gasteiger partial charge >= 0.3 is 0 Å². The highest BCUT2D eigenvalue weighted by molar-refractivity contribution is 5.85. The van der Waals surface area contributed by atoms with Gasteiger partial charge in [0.1, 0.15) is 12.4 Å². The summed E-state index contributed by atoms with van der Waals surface area (Å²) in [6, 6.07) is 8.21. The van der Waals surface area contributed by atoms with Gasteiger partial charge in [0.2, 0.25) is 0 Å². The third-order valence-electron chi connectivity index (χ3n) is 4.77. The molecule has 3 atom stereocenters. The summed E-state index contributed by atoms with van der Waals surface area (Å²) in [4.78, 5) is 2.36. The van der Waals surface area contributed by atoms with E-state index >= 15 is 0 Å². The number of halogens is 1. The normalized spacial score (nSPS) is 22.1. The molecule has 0 bridgehead atoms. The van der Waals surface area contributed by atoms with Gasteiger partial charge in [0.05, 0.1) is 19.3 Å². The first-order chi connectivity index (χ1) is 11.9. The number of benzene rings is 1. The molecule has 1 saturated heterocycles. The lowest BCUT2D eigenvalue weighted by molar-refractivity contribution is -0.00211. The Balaban J connectivity index is 0.00000338. The maximum atomic E-state index is 10.2. The quantitative estimate of drug-likeness (QED) is 0.653. The highest BCUT2D eigenvalue weighted by Crippen LogP contribution is 2.21. The van der Waals surface area contributed by atoms with Crippen molar-refractivity contribution in [2.24, 2.45) is 11.8 Å².